The molecule has 0 saturated carbocycles. The zero-order valence-electron chi connectivity index (χ0n) is 17.5. The highest BCUT2D eigenvalue weighted by Gasteiger charge is 2.39. The van der Waals surface area contributed by atoms with Crippen molar-refractivity contribution in [2.75, 3.05) is 28.7 Å². The van der Waals surface area contributed by atoms with Crippen molar-refractivity contribution in [1.29, 1.82) is 5.41 Å². The fourth-order valence-electron chi connectivity index (χ4n) is 3.15. The Morgan fingerprint density at radius 2 is 1.75 bits per heavy atom. The van der Waals surface area contributed by atoms with Crippen LogP contribution >= 0.6 is 0 Å². The van der Waals surface area contributed by atoms with E-state index in [1.807, 2.05) is 0 Å². The van der Waals surface area contributed by atoms with Crippen LogP contribution in [0.1, 0.15) is 18.9 Å². The molecule has 1 saturated heterocycles. The topological polar surface area (TPSA) is 158 Å². The molecule has 2 aromatic carbocycles. The summed E-state index contributed by atoms with van der Waals surface area (Å²) in [6, 6.07) is 12.9. The highest BCUT2D eigenvalue weighted by Crippen LogP contribution is 2.23. The third-order valence-corrected chi connectivity index (χ3v) is 4.92. The van der Waals surface area contributed by atoms with Crippen molar-refractivity contribution in [3.05, 3.63) is 54.1 Å². The summed E-state index contributed by atoms with van der Waals surface area (Å²) in [4.78, 5) is 38.3. The Morgan fingerprint density at radius 3 is 2.34 bits per heavy atom. The minimum atomic E-state index is -1.72. The molecule has 1 heterocycles. The van der Waals surface area contributed by atoms with Crippen LogP contribution in [-0.4, -0.2) is 54.0 Å². The molecule has 3 amide bonds. The van der Waals surface area contributed by atoms with Gasteiger partial charge in [0.05, 0.1) is 6.61 Å². The first-order valence-corrected chi connectivity index (χ1v) is 10.1. The molecular weight excluding hydrogens is 414 g/mol. The van der Waals surface area contributed by atoms with Gasteiger partial charge in [0.2, 0.25) is 5.91 Å². The summed E-state index contributed by atoms with van der Waals surface area (Å²) < 4.78 is 5.40. The van der Waals surface area contributed by atoms with Gasteiger partial charge < -0.3 is 31.1 Å². The summed E-state index contributed by atoms with van der Waals surface area (Å²) in [5.74, 6) is -1.56. The molecule has 2 unspecified atom stereocenters. The van der Waals surface area contributed by atoms with E-state index in [2.05, 4.69) is 10.6 Å². The maximum atomic E-state index is 12.9. The normalized spacial score (nSPS) is 16.9. The number of nitrogen functional groups attached to an aromatic ring is 1. The van der Waals surface area contributed by atoms with Gasteiger partial charge in [-0.05, 0) is 48.5 Å². The summed E-state index contributed by atoms with van der Waals surface area (Å²) in [7, 11) is 0. The van der Waals surface area contributed by atoms with Crippen LogP contribution < -0.4 is 21.3 Å². The van der Waals surface area contributed by atoms with E-state index in [1.54, 1.807) is 43.3 Å². The van der Waals surface area contributed by atoms with E-state index in [0.717, 1.165) is 0 Å². The standard InChI is InChI=1S/C22H25N5O5/c1-2-17(28)25-14-7-9-16(10-8-14)27-11-12-32-19(22(27)31)18(29)21(30)26-15-5-3-13(4-6-15)20(23)24/h3-10,18-19,29H,2,11-12H2,1H3,(H3,23,24)(H,25,28)(H,26,30). The molecule has 3 rings (SSSR count). The van der Waals surface area contributed by atoms with E-state index >= 15 is 0 Å². The predicted octanol–water partition coefficient (Wildman–Crippen LogP) is 1.05. The lowest BCUT2D eigenvalue weighted by molar-refractivity contribution is -0.150. The third-order valence-electron chi connectivity index (χ3n) is 4.92. The number of ether oxygens (including phenoxy) is 1. The largest absolute Gasteiger partial charge is 0.384 e. The number of carbonyl (C=O) groups excluding carboxylic acids is 3. The maximum absolute atomic E-state index is 12.9. The number of carbonyl (C=O) groups is 3. The molecule has 2 aromatic rings. The van der Waals surface area contributed by atoms with Crippen LogP contribution in [0.3, 0.4) is 0 Å². The predicted molar refractivity (Wildman–Crippen MR) is 120 cm³/mol. The first kappa shape index (κ1) is 22.9. The lowest BCUT2D eigenvalue weighted by atomic mass is 10.1. The smallest absolute Gasteiger partial charge is 0.259 e. The molecule has 0 aromatic heterocycles. The number of aliphatic hydroxyl groups is 1. The molecule has 1 fully saturated rings. The number of nitrogens with two attached hydrogens (primary N) is 1. The molecule has 1 aliphatic heterocycles. The first-order chi connectivity index (χ1) is 15.3. The zero-order valence-corrected chi connectivity index (χ0v) is 17.5. The minimum Gasteiger partial charge on any atom is -0.384 e. The molecule has 1 aliphatic rings. The van der Waals surface area contributed by atoms with Gasteiger partial charge in [-0.2, -0.15) is 0 Å². The lowest BCUT2D eigenvalue weighted by Gasteiger charge is -2.34. The molecule has 10 nitrogen and oxygen atoms in total. The van der Waals surface area contributed by atoms with Gasteiger partial charge in [-0.15, -0.1) is 0 Å². The van der Waals surface area contributed by atoms with Gasteiger partial charge in [-0.3, -0.25) is 19.8 Å². The van der Waals surface area contributed by atoms with Crippen LogP contribution in [0.4, 0.5) is 17.1 Å². The van der Waals surface area contributed by atoms with E-state index in [0.29, 0.717) is 29.0 Å². The number of hydrogen-bond donors (Lipinski definition) is 5. The maximum Gasteiger partial charge on any atom is 0.259 e. The highest BCUT2D eigenvalue weighted by molar-refractivity contribution is 6.04. The van der Waals surface area contributed by atoms with Crippen molar-refractivity contribution >= 4 is 40.6 Å². The summed E-state index contributed by atoms with van der Waals surface area (Å²) >= 11 is 0. The van der Waals surface area contributed by atoms with Crippen molar-refractivity contribution < 1.29 is 24.2 Å². The van der Waals surface area contributed by atoms with Crippen LogP contribution in [0, 0.1) is 5.41 Å². The molecule has 168 valence electrons. The number of morpholine rings is 1. The summed E-state index contributed by atoms with van der Waals surface area (Å²) in [5, 5.41) is 23.1. The van der Waals surface area contributed by atoms with Gasteiger partial charge in [-0.25, -0.2) is 0 Å². The monoisotopic (exact) mass is 439 g/mol. The van der Waals surface area contributed by atoms with Crippen LogP contribution in [0.15, 0.2) is 48.5 Å². The molecule has 10 heteroatoms. The number of benzene rings is 2. The third kappa shape index (κ3) is 5.29. The number of amides is 3. The fourth-order valence-corrected chi connectivity index (χ4v) is 3.15. The summed E-state index contributed by atoms with van der Waals surface area (Å²) in [5.41, 5.74) is 7.44. The number of amidine groups is 1. The van der Waals surface area contributed by atoms with Crippen LogP contribution in [0.25, 0.3) is 0 Å². The highest BCUT2D eigenvalue weighted by atomic mass is 16.5. The first-order valence-electron chi connectivity index (χ1n) is 10.1. The zero-order chi connectivity index (χ0) is 23.3. The summed E-state index contributed by atoms with van der Waals surface area (Å²) in [6.07, 6.45) is -2.73. The molecule has 32 heavy (non-hydrogen) atoms. The van der Waals surface area contributed by atoms with Crippen molar-refractivity contribution in [3.8, 4) is 0 Å². The Labute approximate surface area is 184 Å². The van der Waals surface area contributed by atoms with Gasteiger partial charge in [0, 0.05) is 35.6 Å². The Bertz CT molecular complexity index is 1010. The van der Waals surface area contributed by atoms with E-state index in [9.17, 15) is 19.5 Å². The Morgan fingerprint density at radius 1 is 1.16 bits per heavy atom. The second kappa shape index (κ2) is 10.0. The Hall–Kier alpha value is -3.76. The summed E-state index contributed by atoms with van der Waals surface area (Å²) in [6.45, 7) is 2.15. The van der Waals surface area contributed by atoms with E-state index in [1.165, 1.54) is 17.0 Å². The SMILES string of the molecule is CCC(=O)Nc1ccc(N2CCOC(C(O)C(=O)Nc3ccc(C(=N)N)cc3)C2=O)cc1. The molecule has 2 atom stereocenters. The van der Waals surface area contributed by atoms with Crippen molar-refractivity contribution in [2.24, 2.45) is 5.73 Å². The van der Waals surface area contributed by atoms with Crippen molar-refractivity contribution in [2.45, 2.75) is 25.6 Å². The number of hydrogen-bond acceptors (Lipinski definition) is 6. The lowest BCUT2D eigenvalue weighted by Crippen LogP contribution is -2.55. The van der Waals surface area contributed by atoms with E-state index in [4.69, 9.17) is 15.9 Å². The molecule has 0 radical (unpaired) electrons. The molecule has 0 bridgehead atoms. The van der Waals surface area contributed by atoms with Crippen LogP contribution in [0.2, 0.25) is 0 Å². The molecule has 0 aliphatic carbocycles. The number of anilines is 3. The van der Waals surface area contributed by atoms with Crippen LogP contribution in [0.5, 0.6) is 0 Å². The second-order valence-electron chi connectivity index (χ2n) is 7.15. The second-order valence-corrected chi connectivity index (χ2v) is 7.15. The van der Waals surface area contributed by atoms with Crippen molar-refractivity contribution in [1.82, 2.24) is 0 Å². The minimum absolute atomic E-state index is 0.106. The van der Waals surface area contributed by atoms with Crippen LogP contribution in [-0.2, 0) is 19.1 Å². The fraction of sp³-hybridized carbons (Fsp3) is 0.273. The molecule has 6 N–H and O–H groups in total. The Balaban J connectivity index is 1.66. The van der Waals surface area contributed by atoms with E-state index < -0.39 is 24.0 Å². The average molecular weight is 439 g/mol. The van der Waals surface area contributed by atoms with E-state index in [-0.39, 0.29) is 24.9 Å². The molecular formula is C22H25N5O5. The number of nitrogens with one attached hydrogen (secondary N) is 3. The van der Waals surface area contributed by atoms with Crippen molar-refractivity contribution in [3.63, 3.8) is 0 Å². The average Bonchev–Trinajstić information content (AvgIpc) is 2.79. The number of aliphatic hydroxyl groups excluding tert-OH is 1. The quantitative estimate of drug-likeness (QED) is 0.320. The van der Waals surface area contributed by atoms with Gasteiger partial charge in [0.25, 0.3) is 11.8 Å². The van der Waals surface area contributed by atoms with Gasteiger partial charge in [0.15, 0.2) is 12.2 Å². The Kier molecular flexibility index (Phi) is 7.18. The van der Waals surface area contributed by atoms with Gasteiger partial charge in [0.1, 0.15) is 5.84 Å². The molecule has 0 spiro atoms. The van der Waals surface area contributed by atoms with Gasteiger partial charge in [-0.1, -0.05) is 6.92 Å². The number of rotatable bonds is 7. The number of nitrogens with zero attached hydrogens (tertiary/aromatic N) is 1. The van der Waals surface area contributed by atoms with Gasteiger partial charge >= 0.3 is 0 Å².